The lowest BCUT2D eigenvalue weighted by Crippen LogP contribution is -2.49. The maximum absolute atomic E-state index is 12.6. The van der Waals surface area contributed by atoms with Gasteiger partial charge in [-0.2, -0.15) is 8.42 Å². The van der Waals surface area contributed by atoms with Crippen molar-refractivity contribution in [2.24, 2.45) is 5.41 Å². The van der Waals surface area contributed by atoms with E-state index in [4.69, 9.17) is 13.7 Å². The van der Waals surface area contributed by atoms with Gasteiger partial charge in [-0.15, -0.1) is 0 Å². The van der Waals surface area contributed by atoms with Gasteiger partial charge in [-0.25, -0.2) is 4.57 Å². The summed E-state index contributed by atoms with van der Waals surface area (Å²) in [6.07, 6.45) is 3.19. The van der Waals surface area contributed by atoms with E-state index < -0.39 is 26.2 Å². The van der Waals surface area contributed by atoms with Gasteiger partial charge in [-0.3, -0.25) is 4.18 Å². The fourth-order valence-corrected chi connectivity index (χ4v) is 4.03. The van der Waals surface area contributed by atoms with E-state index >= 15 is 0 Å². The van der Waals surface area contributed by atoms with Gasteiger partial charge in [0, 0.05) is 5.41 Å². The molecular weight excluding hydrogens is 414 g/mol. The number of hydrogen-bond donors (Lipinski definition) is 0. The number of benzene rings is 1. The van der Waals surface area contributed by atoms with Gasteiger partial charge < -0.3 is 19.6 Å². The standard InChI is InChI=1S/C19H25N3O7S/c1-15-4-6-16(7-5-15)30(25,26)29-14-19(12-27-18(2,3)28-13-19)8-10-21-11-9-20-17(21)22(23)24/h4-7,9,11H,8,10,12-14H2,1-3H3. The number of ether oxygens (including phenoxy) is 2. The van der Waals surface area contributed by atoms with Crippen LogP contribution < -0.4 is 0 Å². The molecule has 30 heavy (non-hydrogen) atoms. The molecule has 10 nitrogen and oxygen atoms in total. The molecule has 1 aliphatic rings. The molecule has 0 radical (unpaired) electrons. The molecule has 1 fully saturated rings. The minimum Gasteiger partial charge on any atom is -0.390 e. The molecule has 1 aliphatic heterocycles. The molecule has 0 aliphatic carbocycles. The molecule has 1 aromatic heterocycles. The van der Waals surface area contributed by atoms with Crippen LogP contribution in [-0.4, -0.2) is 48.5 Å². The molecule has 0 atom stereocenters. The van der Waals surface area contributed by atoms with Crippen LogP contribution in [0.3, 0.4) is 0 Å². The summed E-state index contributed by atoms with van der Waals surface area (Å²) in [6, 6.07) is 6.37. The van der Waals surface area contributed by atoms with Crippen LogP contribution in [0.1, 0.15) is 25.8 Å². The summed E-state index contributed by atoms with van der Waals surface area (Å²) in [5.74, 6) is -1.09. The van der Waals surface area contributed by atoms with Crippen LogP contribution in [0, 0.1) is 22.5 Å². The molecule has 0 amide bonds. The number of aryl methyl sites for hydroxylation is 2. The average molecular weight is 439 g/mol. The van der Waals surface area contributed by atoms with Crippen molar-refractivity contribution in [1.82, 2.24) is 9.55 Å². The summed E-state index contributed by atoms with van der Waals surface area (Å²) < 4.78 is 43.5. The number of imidazole rings is 1. The van der Waals surface area contributed by atoms with Crippen LogP contribution in [0.2, 0.25) is 0 Å². The van der Waals surface area contributed by atoms with Crippen molar-refractivity contribution in [1.29, 1.82) is 0 Å². The van der Waals surface area contributed by atoms with Gasteiger partial charge in [-0.05, 0) is 44.2 Å². The Hall–Kier alpha value is -2.34. The SMILES string of the molecule is Cc1ccc(S(=O)(=O)OCC2(CCn3ccnc3[N+](=O)[O-])COC(C)(C)OC2)cc1. The number of nitro groups is 1. The summed E-state index contributed by atoms with van der Waals surface area (Å²) in [7, 11) is -3.98. The Kier molecular flexibility index (Phi) is 6.27. The Morgan fingerprint density at radius 1 is 1.23 bits per heavy atom. The fourth-order valence-electron chi connectivity index (χ4n) is 3.02. The zero-order chi connectivity index (χ0) is 22.0. The number of aromatic nitrogens is 2. The van der Waals surface area contributed by atoms with Crippen LogP contribution in [0.4, 0.5) is 5.95 Å². The van der Waals surface area contributed by atoms with Crippen LogP contribution in [0.15, 0.2) is 41.6 Å². The maximum Gasteiger partial charge on any atom is 0.434 e. The summed E-state index contributed by atoms with van der Waals surface area (Å²) in [6.45, 7) is 5.82. The monoisotopic (exact) mass is 439 g/mol. The second-order valence-electron chi connectivity index (χ2n) is 7.93. The van der Waals surface area contributed by atoms with E-state index in [0.29, 0.717) is 6.42 Å². The van der Waals surface area contributed by atoms with Crippen molar-refractivity contribution in [3.63, 3.8) is 0 Å². The first-order chi connectivity index (χ1) is 14.0. The van der Waals surface area contributed by atoms with Crippen molar-refractivity contribution in [3.8, 4) is 0 Å². The van der Waals surface area contributed by atoms with Gasteiger partial charge in [0.2, 0.25) is 0 Å². The molecule has 0 spiro atoms. The second-order valence-corrected chi connectivity index (χ2v) is 9.55. The third kappa shape index (κ3) is 5.22. The number of nitrogens with zero attached hydrogens (tertiary/aromatic N) is 3. The van der Waals surface area contributed by atoms with Crippen LogP contribution in [0.5, 0.6) is 0 Å². The highest BCUT2D eigenvalue weighted by molar-refractivity contribution is 7.86. The first kappa shape index (κ1) is 22.3. The Morgan fingerprint density at radius 2 is 1.87 bits per heavy atom. The molecular formula is C19H25N3O7S. The van der Waals surface area contributed by atoms with E-state index in [0.717, 1.165) is 5.56 Å². The predicted octanol–water partition coefficient (Wildman–Crippen LogP) is 2.66. The van der Waals surface area contributed by atoms with Gasteiger partial charge >= 0.3 is 5.95 Å². The van der Waals surface area contributed by atoms with Crippen molar-refractivity contribution in [3.05, 3.63) is 52.3 Å². The highest BCUT2D eigenvalue weighted by Crippen LogP contribution is 2.35. The van der Waals surface area contributed by atoms with Gasteiger partial charge in [0.05, 0.1) is 31.3 Å². The summed E-state index contributed by atoms with van der Waals surface area (Å²) in [5, 5.41) is 11.1. The van der Waals surface area contributed by atoms with E-state index in [-0.39, 0.29) is 37.2 Å². The van der Waals surface area contributed by atoms with Crippen LogP contribution in [0.25, 0.3) is 0 Å². The van der Waals surface area contributed by atoms with Gasteiger partial charge in [0.25, 0.3) is 10.1 Å². The summed E-state index contributed by atoms with van der Waals surface area (Å²) in [5.41, 5.74) is 0.134. The normalized spacial score (nSPS) is 18.2. The highest BCUT2D eigenvalue weighted by atomic mass is 32.2. The van der Waals surface area contributed by atoms with Crippen molar-refractivity contribution < 1.29 is 27.0 Å². The molecule has 1 aromatic carbocycles. The quantitative estimate of drug-likeness (QED) is 0.349. The predicted molar refractivity (Wildman–Crippen MR) is 106 cm³/mol. The highest BCUT2D eigenvalue weighted by Gasteiger charge is 2.42. The largest absolute Gasteiger partial charge is 0.434 e. The Morgan fingerprint density at radius 3 is 2.47 bits per heavy atom. The van der Waals surface area contributed by atoms with Crippen molar-refractivity contribution in [2.75, 3.05) is 19.8 Å². The minimum absolute atomic E-state index is 0.0615. The third-order valence-corrected chi connectivity index (χ3v) is 6.30. The van der Waals surface area contributed by atoms with E-state index in [1.54, 1.807) is 26.0 Å². The van der Waals surface area contributed by atoms with E-state index in [9.17, 15) is 18.5 Å². The molecule has 11 heteroatoms. The van der Waals surface area contributed by atoms with E-state index in [1.165, 1.54) is 29.1 Å². The number of hydrogen-bond acceptors (Lipinski definition) is 8. The summed E-state index contributed by atoms with van der Waals surface area (Å²) >= 11 is 0. The molecule has 0 saturated carbocycles. The van der Waals surface area contributed by atoms with Gasteiger partial charge in [0.15, 0.2) is 5.79 Å². The molecule has 0 N–H and O–H groups in total. The molecule has 3 rings (SSSR count). The zero-order valence-electron chi connectivity index (χ0n) is 17.1. The zero-order valence-corrected chi connectivity index (χ0v) is 17.9. The van der Waals surface area contributed by atoms with Gasteiger partial charge in [0.1, 0.15) is 12.4 Å². The Labute approximate surface area is 175 Å². The molecule has 2 heterocycles. The lowest BCUT2D eigenvalue weighted by Gasteiger charge is -2.42. The fraction of sp³-hybridized carbons (Fsp3) is 0.526. The molecule has 0 unspecified atom stereocenters. The Balaban J connectivity index is 1.76. The maximum atomic E-state index is 12.6. The third-order valence-electron chi connectivity index (χ3n) is 5.02. The second kappa shape index (κ2) is 8.42. The van der Waals surface area contributed by atoms with Crippen LogP contribution >= 0.6 is 0 Å². The Bertz CT molecular complexity index is 989. The lowest BCUT2D eigenvalue weighted by atomic mass is 9.86. The van der Waals surface area contributed by atoms with Crippen molar-refractivity contribution in [2.45, 2.75) is 44.4 Å². The first-order valence-corrected chi connectivity index (χ1v) is 10.8. The molecule has 0 bridgehead atoms. The van der Waals surface area contributed by atoms with E-state index in [2.05, 4.69) is 4.98 Å². The molecule has 164 valence electrons. The number of rotatable bonds is 8. The summed E-state index contributed by atoms with van der Waals surface area (Å²) in [4.78, 5) is 14.3. The van der Waals surface area contributed by atoms with Crippen molar-refractivity contribution >= 4 is 16.1 Å². The minimum atomic E-state index is -3.98. The lowest BCUT2D eigenvalue weighted by molar-refractivity contribution is -0.396. The topological polar surface area (TPSA) is 123 Å². The van der Waals surface area contributed by atoms with Gasteiger partial charge in [-0.1, -0.05) is 22.7 Å². The van der Waals surface area contributed by atoms with Crippen LogP contribution in [-0.2, 0) is 30.3 Å². The molecule has 2 aromatic rings. The molecule has 1 saturated heterocycles. The first-order valence-electron chi connectivity index (χ1n) is 9.42. The smallest absolute Gasteiger partial charge is 0.390 e. The van der Waals surface area contributed by atoms with E-state index in [1.807, 2.05) is 6.92 Å². The average Bonchev–Trinajstić information content (AvgIpc) is 3.16.